The molecule has 0 bridgehead atoms. The minimum atomic E-state index is -0.256. The van der Waals surface area contributed by atoms with Crippen molar-refractivity contribution in [2.24, 2.45) is 5.92 Å². The number of carbonyl (C=O) groups excluding carboxylic acids is 2. The third-order valence-corrected chi connectivity index (χ3v) is 4.88. The van der Waals surface area contributed by atoms with E-state index in [4.69, 9.17) is 4.74 Å². The fraction of sp³-hybridized carbons (Fsp3) is 0.556. The van der Waals surface area contributed by atoms with Crippen LogP contribution in [0.25, 0.3) is 0 Å². The van der Waals surface area contributed by atoms with Gasteiger partial charge in [-0.05, 0) is 24.8 Å². The molecule has 2 amide bonds. The predicted molar refractivity (Wildman–Crippen MR) is 86.7 cm³/mol. The second-order valence-electron chi connectivity index (χ2n) is 6.48. The molecule has 0 radical (unpaired) electrons. The summed E-state index contributed by atoms with van der Waals surface area (Å²) in [6, 6.07) is 9.98. The SMILES string of the molecule is CC1CCN(C2CCN(C(=O)OCc3ccccc3)CC2)C1=O. The first-order valence-electron chi connectivity index (χ1n) is 8.41. The van der Waals surface area contributed by atoms with Crippen molar-refractivity contribution in [3.8, 4) is 0 Å². The zero-order chi connectivity index (χ0) is 16.2. The van der Waals surface area contributed by atoms with Crippen LogP contribution in [-0.2, 0) is 16.1 Å². The zero-order valence-electron chi connectivity index (χ0n) is 13.6. The largest absolute Gasteiger partial charge is 0.445 e. The Morgan fingerprint density at radius 1 is 1.13 bits per heavy atom. The number of carbonyl (C=O) groups is 2. The van der Waals surface area contributed by atoms with Crippen molar-refractivity contribution in [3.63, 3.8) is 0 Å². The Morgan fingerprint density at radius 2 is 1.83 bits per heavy atom. The molecule has 0 N–H and O–H groups in total. The third kappa shape index (κ3) is 3.66. The average molecular weight is 316 g/mol. The van der Waals surface area contributed by atoms with E-state index in [1.807, 2.05) is 42.2 Å². The van der Waals surface area contributed by atoms with E-state index in [-0.39, 0.29) is 24.0 Å². The molecule has 124 valence electrons. The molecule has 5 heteroatoms. The lowest BCUT2D eigenvalue weighted by molar-refractivity contribution is -0.133. The molecule has 1 aromatic rings. The van der Waals surface area contributed by atoms with Crippen LogP contribution < -0.4 is 0 Å². The van der Waals surface area contributed by atoms with Gasteiger partial charge in [-0.1, -0.05) is 37.3 Å². The van der Waals surface area contributed by atoms with Crippen molar-refractivity contribution < 1.29 is 14.3 Å². The molecule has 2 saturated heterocycles. The van der Waals surface area contributed by atoms with E-state index in [2.05, 4.69) is 0 Å². The summed E-state index contributed by atoms with van der Waals surface area (Å²) in [5, 5.41) is 0. The van der Waals surface area contributed by atoms with E-state index in [9.17, 15) is 9.59 Å². The summed E-state index contributed by atoms with van der Waals surface area (Å²) in [6.07, 6.45) is 2.39. The number of piperidine rings is 1. The van der Waals surface area contributed by atoms with Gasteiger partial charge in [0.05, 0.1) is 0 Å². The van der Waals surface area contributed by atoms with Gasteiger partial charge in [0.2, 0.25) is 5.91 Å². The molecule has 2 aliphatic rings. The van der Waals surface area contributed by atoms with Gasteiger partial charge in [-0.3, -0.25) is 4.79 Å². The summed E-state index contributed by atoms with van der Waals surface area (Å²) >= 11 is 0. The van der Waals surface area contributed by atoms with Crippen molar-refractivity contribution in [3.05, 3.63) is 35.9 Å². The molecule has 1 aromatic carbocycles. The Morgan fingerprint density at radius 3 is 2.43 bits per heavy atom. The van der Waals surface area contributed by atoms with Crippen LogP contribution in [0, 0.1) is 5.92 Å². The second-order valence-corrected chi connectivity index (χ2v) is 6.48. The van der Waals surface area contributed by atoms with Crippen molar-refractivity contribution in [1.82, 2.24) is 9.80 Å². The molecular weight excluding hydrogens is 292 g/mol. The van der Waals surface area contributed by atoms with E-state index < -0.39 is 0 Å². The summed E-state index contributed by atoms with van der Waals surface area (Å²) in [4.78, 5) is 28.0. The van der Waals surface area contributed by atoms with E-state index in [1.165, 1.54) is 0 Å². The normalized spacial score (nSPS) is 22.5. The molecule has 0 spiro atoms. The highest BCUT2D eigenvalue weighted by molar-refractivity contribution is 5.80. The molecular formula is C18H24N2O3. The zero-order valence-corrected chi connectivity index (χ0v) is 13.6. The summed E-state index contributed by atoms with van der Waals surface area (Å²) in [6.45, 7) is 4.50. The molecule has 0 aliphatic carbocycles. The Hall–Kier alpha value is -2.04. The van der Waals surface area contributed by atoms with Crippen LogP contribution in [0.5, 0.6) is 0 Å². The standard InChI is InChI=1S/C18H24N2O3/c1-14-7-12-20(17(14)21)16-8-10-19(11-9-16)18(22)23-13-15-5-3-2-4-6-15/h2-6,14,16H,7-13H2,1H3. The topological polar surface area (TPSA) is 49.9 Å². The molecule has 2 heterocycles. The first-order chi connectivity index (χ1) is 11.1. The van der Waals surface area contributed by atoms with Gasteiger partial charge in [0.25, 0.3) is 0 Å². The number of hydrogen-bond acceptors (Lipinski definition) is 3. The molecule has 2 aliphatic heterocycles. The van der Waals surface area contributed by atoms with Crippen LogP contribution in [0.4, 0.5) is 4.79 Å². The predicted octanol–water partition coefficient (Wildman–Crippen LogP) is 2.66. The molecule has 5 nitrogen and oxygen atoms in total. The van der Waals surface area contributed by atoms with Gasteiger partial charge in [-0.2, -0.15) is 0 Å². The maximum atomic E-state index is 12.1. The third-order valence-electron chi connectivity index (χ3n) is 4.88. The van der Waals surface area contributed by atoms with Crippen LogP contribution >= 0.6 is 0 Å². The summed E-state index contributed by atoms with van der Waals surface area (Å²) in [5.41, 5.74) is 0.993. The highest BCUT2D eigenvalue weighted by Crippen LogP contribution is 2.25. The highest BCUT2D eigenvalue weighted by atomic mass is 16.6. The van der Waals surface area contributed by atoms with Crippen LogP contribution in [0.15, 0.2) is 30.3 Å². The number of benzene rings is 1. The quantitative estimate of drug-likeness (QED) is 0.861. The first kappa shape index (κ1) is 15.8. The molecule has 23 heavy (non-hydrogen) atoms. The Labute approximate surface area is 137 Å². The van der Waals surface area contributed by atoms with Crippen LogP contribution in [0.3, 0.4) is 0 Å². The number of hydrogen-bond donors (Lipinski definition) is 0. The molecule has 1 unspecified atom stereocenters. The van der Waals surface area contributed by atoms with Crippen molar-refractivity contribution >= 4 is 12.0 Å². The molecule has 3 rings (SSSR count). The lowest BCUT2D eigenvalue weighted by atomic mass is 10.0. The van der Waals surface area contributed by atoms with Gasteiger partial charge < -0.3 is 14.5 Å². The number of nitrogens with zero attached hydrogens (tertiary/aromatic N) is 2. The van der Waals surface area contributed by atoms with Gasteiger partial charge in [-0.15, -0.1) is 0 Å². The fourth-order valence-corrected chi connectivity index (χ4v) is 3.38. The number of ether oxygens (including phenoxy) is 1. The van der Waals surface area contributed by atoms with Crippen molar-refractivity contribution in [2.45, 2.75) is 38.8 Å². The summed E-state index contributed by atoms with van der Waals surface area (Å²) in [5.74, 6) is 0.430. The Bertz CT molecular complexity index is 553. The Balaban J connectivity index is 1.45. The summed E-state index contributed by atoms with van der Waals surface area (Å²) < 4.78 is 5.37. The first-order valence-corrected chi connectivity index (χ1v) is 8.41. The molecule has 2 fully saturated rings. The van der Waals surface area contributed by atoms with E-state index >= 15 is 0 Å². The summed E-state index contributed by atoms with van der Waals surface area (Å²) in [7, 11) is 0. The smallest absolute Gasteiger partial charge is 0.410 e. The lowest BCUT2D eigenvalue weighted by Crippen LogP contribution is -2.47. The van der Waals surface area contributed by atoms with Crippen LogP contribution in [0.1, 0.15) is 31.7 Å². The molecule has 0 aromatic heterocycles. The maximum Gasteiger partial charge on any atom is 0.410 e. The van der Waals surface area contributed by atoms with Crippen molar-refractivity contribution in [2.75, 3.05) is 19.6 Å². The fourth-order valence-electron chi connectivity index (χ4n) is 3.38. The highest BCUT2D eigenvalue weighted by Gasteiger charge is 2.35. The van der Waals surface area contributed by atoms with Gasteiger partial charge in [0, 0.05) is 31.6 Å². The van der Waals surface area contributed by atoms with Gasteiger partial charge in [-0.25, -0.2) is 4.79 Å². The average Bonchev–Trinajstić information content (AvgIpc) is 2.93. The minimum absolute atomic E-state index is 0.156. The molecule has 1 atom stereocenters. The van der Waals surface area contributed by atoms with Gasteiger partial charge in [0.15, 0.2) is 0 Å². The van der Waals surface area contributed by atoms with E-state index in [1.54, 1.807) is 4.90 Å². The van der Waals surface area contributed by atoms with Crippen molar-refractivity contribution in [1.29, 1.82) is 0 Å². The van der Waals surface area contributed by atoms with E-state index in [0.717, 1.165) is 31.4 Å². The second kappa shape index (κ2) is 7.02. The number of amides is 2. The van der Waals surface area contributed by atoms with Gasteiger partial charge in [0.1, 0.15) is 6.61 Å². The minimum Gasteiger partial charge on any atom is -0.445 e. The number of likely N-dealkylation sites (tertiary alicyclic amines) is 2. The maximum absolute atomic E-state index is 12.1. The monoisotopic (exact) mass is 316 g/mol. The van der Waals surface area contributed by atoms with Crippen LogP contribution in [0.2, 0.25) is 0 Å². The van der Waals surface area contributed by atoms with Crippen LogP contribution in [-0.4, -0.2) is 47.5 Å². The number of rotatable bonds is 3. The Kier molecular flexibility index (Phi) is 4.84. The van der Waals surface area contributed by atoms with E-state index in [0.29, 0.717) is 19.7 Å². The van der Waals surface area contributed by atoms with Gasteiger partial charge >= 0.3 is 6.09 Å². The lowest BCUT2D eigenvalue weighted by Gasteiger charge is -2.36. The molecule has 0 saturated carbocycles.